The van der Waals surface area contributed by atoms with Gasteiger partial charge in [-0.15, -0.1) is 0 Å². The molecule has 5 heteroatoms. The van der Waals surface area contributed by atoms with Crippen LogP contribution in [0.2, 0.25) is 0 Å². The topological polar surface area (TPSA) is 54.0 Å². The summed E-state index contributed by atoms with van der Waals surface area (Å²) in [5.74, 6) is 1.58. The van der Waals surface area contributed by atoms with Gasteiger partial charge in [-0.05, 0) is 66.2 Å². The van der Waals surface area contributed by atoms with Crippen LogP contribution >= 0.6 is 0 Å². The summed E-state index contributed by atoms with van der Waals surface area (Å²) in [5.41, 5.74) is 2.94. The van der Waals surface area contributed by atoms with E-state index in [-0.39, 0.29) is 23.4 Å². The molecule has 1 saturated heterocycles. The highest BCUT2D eigenvalue weighted by atomic mass is 16.7. The molecule has 3 aliphatic carbocycles. The Kier molecular flexibility index (Phi) is 4.67. The van der Waals surface area contributed by atoms with E-state index in [0.717, 1.165) is 37.9 Å². The summed E-state index contributed by atoms with van der Waals surface area (Å²) >= 11 is 0. The normalized spacial score (nSPS) is 37.3. The van der Waals surface area contributed by atoms with E-state index >= 15 is 0 Å². The predicted molar refractivity (Wildman–Crippen MR) is 108 cm³/mol. The third-order valence-electron chi connectivity index (χ3n) is 8.30. The fourth-order valence-electron chi connectivity index (χ4n) is 6.95. The Hall–Kier alpha value is -1.59. The van der Waals surface area contributed by atoms with E-state index in [4.69, 9.17) is 18.9 Å². The minimum atomic E-state index is -0.463. The van der Waals surface area contributed by atoms with Gasteiger partial charge in [-0.3, -0.25) is 4.79 Å². The summed E-state index contributed by atoms with van der Waals surface area (Å²) in [6.45, 7) is 5.30. The number of benzene rings is 1. The van der Waals surface area contributed by atoms with E-state index in [0.29, 0.717) is 25.0 Å². The maximum absolute atomic E-state index is 12.0. The van der Waals surface area contributed by atoms with E-state index in [1.165, 1.54) is 24.5 Å². The number of carbonyl (C=O) groups excluding carboxylic acids is 1. The lowest BCUT2D eigenvalue weighted by molar-refractivity contribution is -0.239. The van der Waals surface area contributed by atoms with Crippen LogP contribution in [0.15, 0.2) is 18.2 Å². The van der Waals surface area contributed by atoms with Crippen molar-refractivity contribution in [2.45, 2.75) is 70.2 Å². The second-order valence-corrected chi connectivity index (χ2v) is 9.62. The molecule has 5 atom stereocenters. The fourth-order valence-corrected chi connectivity index (χ4v) is 6.95. The molecule has 0 bridgehead atoms. The van der Waals surface area contributed by atoms with Crippen molar-refractivity contribution < 1.29 is 23.7 Å². The van der Waals surface area contributed by atoms with Crippen LogP contribution in [0.3, 0.4) is 0 Å². The molecule has 1 aromatic rings. The van der Waals surface area contributed by atoms with Crippen LogP contribution < -0.4 is 4.74 Å². The summed E-state index contributed by atoms with van der Waals surface area (Å²) in [6, 6.07) is 6.51. The van der Waals surface area contributed by atoms with Crippen LogP contribution in [-0.4, -0.2) is 38.2 Å². The number of ether oxygens (including phenoxy) is 4. The van der Waals surface area contributed by atoms with Gasteiger partial charge >= 0.3 is 5.97 Å². The number of methoxy groups -OCH3 is 1. The molecule has 3 fully saturated rings. The molecule has 0 unspecified atom stereocenters. The molecule has 1 aromatic carbocycles. The molecule has 5 rings (SSSR count). The molecule has 2 saturated carbocycles. The minimum Gasteiger partial charge on any atom is -0.497 e. The second-order valence-electron chi connectivity index (χ2n) is 9.62. The van der Waals surface area contributed by atoms with Gasteiger partial charge in [-0.25, -0.2) is 0 Å². The number of aryl methyl sites for hydroxylation is 1. The van der Waals surface area contributed by atoms with Gasteiger partial charge in [0, 0.05) is 25.7 Å². The molecule has 1 aliphatic heterocycles. The third kappa shape index (κ3) is 3.09. The monoisotopic (exact) mass is 400 g/mol. The van der Waals surface area contributed by atoms with Gasteiger partial charge < -0.3 is 18.9 Å². The van der Waals surface area contributed by atoms with Crippen LogP contribution in [0.25, 0.3) is 0 Å². The number of hydrogen-bond acceptors (Lipinski definition) is 5. The zero-order valence-electron chi connectivity index (χ0n) is 17.7. The highest BCUT2D eigenvalue weighted by molar-refractivity contribution is 5.66. The Balaban J connectivity index is 1.51. The first-order valence-corrected chi connectivity index (χ1v) is 11.1. The maximum Gasteiger partial charge on any atom is 0.302 e. The first-order chi connectivity index (χ1) is 13.9. The van der Waals surface area contributed by atoms with Crippen molar-refractivity contribution in [1.82, 2.24) is 0 Å². The Morgan fingerprint density at radius 1 is 1.17 bits per heavy atom. The molecule has 0 radical (unpaired) electrons. The average molecular weight is 401 g/mol. The van der Waals surface area contributed by atoms with Crippen molar-refractivity contribution in [3.8, 4) is 5.75 Å². The zero-order chi connectivity index (χ0) is 20.2. The van der Waals surface area contributed by atoms with Gasteiger partial charge in [0.25, 0.3) is 0 Å². The Bertz CT molecular complexity index is 798. The lowest BCUT2D eigenvalue weighted by atomic mass is 9.47. The lowest BCUT2D eigenvalue weighted by Crippen LogP contribution is -2.57. The predicted octanol–water partition coefficient (Wildman–Crippen LogP) is 4.23. The van der Waals surface area contributed by atoms with E-state index in [2.05, 4.69) is 25.1 Å². The van der Waals surface area contributed by atoms with Crippen LogP contribution in [-0.2, 0) is 25.4 Å². The standard InChI is InChI=1S/C24H32O5/c1-15(25)29-22-13-19-18-6-5-17(26-3)12-16(18)4-7-20(19)23(2)8-9-24(14-21(22)23)27-10-11-28-24/h5-6,12,19-22H,4,7-11,13-14H2,1-3H3/t19-,20-,21-,22+,23+/m0/s1. The minimum absolute atomic E-state index is 0.0863. The molecule has 158 valence electrons. The van der Waals surface area contributed by atoms with Crippen molar-refractivity contribution in [2.24, 2.45) is 17.3 Å². The van der Waals surface area contributed by atoms with Gasteiger partial charge in [0.05, 0.1) is 20.3 Å². The zero-order valence-corrected chi connectivity index (χ0v) is 17.7. The van der Waals surface area contributed by atoms with Crippen molar-refractivity contribution >= 4 is 5.97 Å². The van der Waals surface area contributed by atoms with Crippen molar-refractivity contribution in [1.29, 1.82) is 0 Å². The number of esters is 1. The first kappa shape index (κ1) is 19.4. The van der Waals surface area contributed by atoms with Gasteiger partial charge in [-0.2, -0.15) is 0 Å². The number of hydrogen-bond donors (Lipinski definition) is 0. The smallest absolute Gasteiger partial charge is 0.302 e. The van der Waals surface area contributed by atoms with E-state index in [1.54, 1.807) is 7.11 Å². The molecular formula is C24H32O5. The maximum atomic E-state index is 12.0. The van der Waals surface area contributed by atoms with Crippen LogP contribution in [0.4, 0.5) is 0 Å². The molecule has 0 N–H and O–H groups in total. The Morgan fingerprint density at radius 3 is 2.69 bits per heavy atom. The van der Waals surface area contributed by atoms with E-state index < -0.39 is 5.79 Å². The molecule has 0 amide bonds. The molecule has 5 nitrogen and oxygen atoms in total. The van der Waals surface area contributed by atoms with Crippen LogP contribution in [0.5, 0.6) is 5.75 Å². The van der Waals surface area contributed by atoms with Gasteiger partial charge in [0.15, 0.2) is 5.79 Å². The highest BCUT2D eigenvalue weighted by Crippen LogP contribution is 2.63. The summed E-state index contributed by atoms with van der Waals surface area (Å²) in [4.78, 5) is 12.0. The van der Waals surface area contributed by atoms with E-state index in [9.17, 15) is 4.79 Å². The largest absolute Gasteiger partial charge is 0.497 e. The summed E-state index contributed by atoms with van der Waals surface area (Å²) in [6.07, 6.45) is 5.90. The van der Waals surface area contributed by atoms with E-state index in [1.807, 2.05) is 0 Å². The molecule has 29 heavy (non-hydrogen) atoms. The lowest BCUT2D eigenvalue weighted by Gasteiger charge is -2.60. The van der Waals surface area contributed by atoms with Crippen molar-refractivity contribution in [3.05, 3.63) is 29.3 Å². The quantitative estimate of drug-likeness (QED) is 0.696. The molecule has 0 aromatic heterocycles. The van der Waals surface area contributed by atoms with Gasteiger partial charge in [-0.1, -0.05) is 13.0 Å². The van der Waals surface area contributed by atoms with Crippen LogP contribution in [0.1, 0.15) is 63.0 Å². The Morgan fingerprint density at radius 2 is 1.97 bits per heavy atom. The molecular weight excluding hydrogens is 368 g/mol. The van der Waals surface area contributed by atoms with Crippen molar-refractivity contribution in [3.63, 3.8) is 0 Å². The van der Waals surface area contributed by atoms with Crippen molar-refractivity contribution in [2.75, 3.05) is 20.3 Å². The fraction of sp³-hybridized carbons (Fsp3) is 0.708. The first-order valence-electron chi connectivity index (χ1n) is 11.1. The van der Waals surface area contributed by atoms with Gasteiger partial charge in [0.2, 0.25) is 0 Å². The summed E-state index contributed by atoms with van der Waals surface area (Å²) in [5, 5.41) is 0. The molecule has 1 spiro atoms. The number of rotatable bonds is 2. The molecule has 4 aliphatic rings. The molecule has 1 heterocycles. The number of fused-ring (bicyclic) bond motifs is 5. The Labute approximate surface area is 173 Å². The van der Waals surface area contributed by atoms with Gasteiger partial charge in [0.1, 0.15) is 11.9 Å². The number of carbonyl (C=O) groups is 1. The van der Waals surface area contributed by atoms with Crippen LogP contribution in [0, 0.1) is 17.3 Å². The third-order valence-corrected chi connectivity index (χ3v) is 8.30. The SMILES string of the molecule is COc1ccc2c(c1)CC[C@H]1[C@H]2C[C@@H](OC(C)=O)[C@@H]2CC3(CC[C@@]21C)OCCO3. The highest BCUT2D eigenvalue weighted by Gasteiger charge is 2.60. The summed E-state index contributed by atoms with van der Waals surface area (Å²) in [7, 11) is 1.72. The second kappa shape index (κ2) is 6.98. The average Bonchev–Trinajstić information content (AvgIpc) is 3.16. The summed E-state index contributed by atoms with van der Waals surface area (Å²) < 4.78 is 23.6.